The second kappa shape index (κ2) is 5.58. The SMILES string of the molecule is CCc1ccc(-c2cccc(C3CCNC3)c2)cc1. The standard InChI is InChI=1S/C18H21N/c1-2-14-6-8-15(9-7-14)16-4-3-5-17(12-16)18-10-11-19-13-18/h3-9,12,18-19H,2,10-11,13H2,1H3. The number of aryl methyl sites for hydroxylation is 1. The molecule has 0 aromatic heterocycles. The fraction of sp³-hybridized carbons (Fsp3) is 0.333. The molecule has 1 unspecified atom stereocenters. The van der Waals surface area contributed by atoms with Crippen LogP contribution in [0, 0.1) is 0 Å². The molecule has 1 N–H and O–H groups in total. The highest BCUT2D eigenvalue weighted by Gasteiger charge is 2.16. The summed E-state index contributed by atoms with van der Waals surface area (Å²) in [5.41, 5.74) is 5.54. The van der Waals surface area contributed by atoms with Crippen LogP contribution in [0.2, 0.25) is 0 Å². The van der Waals surface area contributed by atoms with Crippen LogP contribution in [0.3, 0.4) is 0 Å². The van der Waals surface area contributed by atoms with Gasteiger partial charge in [0.1, 0.15) is 0 Å². The number of hydrogen-bond acceptors (Lipinski definition) is 1. The Morgan fingerprint density at radius 2 is 1.89 bits per heavy atom. The molecule has 0 radical (unpaired) electrons. The first-order valence-corrected chi connectivity index (χ1v) is 7.27. The Morgan fingerprint density at radius 1 is 1.05 bits per heavy atom. The van der Waals surface area contributed by atoms with E-state index >= 15 is 0 Å². The van der Waals surface area contributed by atoms with Gasteiger partial charge >= 0.3 is 0 Å². The van der Waals surface area contributed by atoms with E-state index in [9.17, 15) is 0 Å². The molecular weight excluding hydrogens is 230 g/mol. The topological polar surface area (TPSA) is 12.0 Å². The molecule has 1 atom stereocenters. The molecule has 98 valence electrons. The number of hydrogen-bond donors (Lipinski definition) is 1. The first kappa shape index (κ1) is 12.4. The third-order valence-electron chi connectivity index (χ3n) is 4.11. The third kappa shape index (κ3) is 2.71. The molecule has 19 heavy (non-hydrogen) atoms. The predicted octanol–water partition coefficient (Wildman–Crippen LogP) is 3.99. The molecule has 1 aliphatic rings. The predicted molar refractivity (Wildman–Crippen MR) is 81.5 cm³/mol. The lowest BCUT2D eigenvalue weighted by Gasteiger charge is -2.11. The summed E-state index contributed by atoms with van der Waals surface area (Å²) in [6.07, 6.45) is 2.37. The van der Waals surface area contributed by atoms with Crippen LogP contribution in [0.4, 0.5) is 0 Å². The lowest BCUT2D eigenvalue weighted by Crippen LogP contribution is -2.07. The van der Waals surface area contributed by atoms with Gasteiger partial charge in [-0.2, -0.15) is 0 Å². The summed E-state index contributed by atoms with van der Waals surface area (Å²) in [6.45, 7) is 4.47. The monoisotopic (exact) mass is 251 g/mol. The summed E-state index contributed by atoms with van der Waals surface area (Å²) in [6, 6.07) is 18.0. The third-order valence-corrected chi connectivity index (χ3v) is 4.11. The van der Waals surface area contributed by atoms with Gasteiger partial charge in [0.25, 0.3) is 0 Å². The molecule has 2 aromatic rings. The summed E-state index contributed by atoms with van der Waals surface area (Å²) < 4.78 is 0. The van der Waals surface area contributed by atoms with Crippen molar-refractivity contribution in [1.29, 1.82) is 0 Å². The Bertz CT molecular complexity index is 536. The quantitative estimate of drug-likeness (QED) is 0.869. The number of benzene rings is 2. The fourth-order valence-corrected chi connectivity index (χ4v) is 2.84. The zero-order valence-corrected chi connectivity index (χ0v) is 11.5. The van der Waals surface area contributed by atoms with Crippen LogP contribution < -0.4 is 5.32 Å². The van der Waals surface area contributed by atoms with Gasteiger partial charge in [0, 0.05) is 6.54 Å². The second-order valence-electron chi connectivity index (χ2n) is 5.37. The van der Waals surface area contributed by atoms with E-state index in [0.717, 1.165) is 19.5 Å². The maximum atomic E-state index is 3.45. The molecule has 1 heterocycles. The van der Waals surface area contributed by atoms with Crippen molar-refractivity contribution < 1.29 is 0 Å². The minimum atomic E-state index is 0.690. The van der Waals surface area contributed by atoms with Crippen LogP contribution in [0.25, 0.3) is 11.1 Å². The Hall–Kier alpha value is -1.60. The minimum Gasteiger partial charge on any atom is -0.316 e. The van der Waals surface area contributed by atoms with Gasteiger partial charge in [-0.15, -0.1) is 0 Å². The lowest BCUT2D eigenvalue weighted by molar-refractivity contribution is 0.764. The highest BCUT2D eigenvalue weighted by atomic mass is 14.9. The van der Waals surface area contributed by atoms with Crippen molar-refractivity contribution in [3.05, 3.63) is 59.7 Å². The average molecular weight is 251 g/mol. The van der Waals surface area contributed by atoms with Gasteiger partial charge in [0.2, 0.25) is 0 Å². The van der Waals surface area contributed by atoms with Crippen molar-refractivity contribution in [3.63, 3.8) is 0 Å². The van der Waals surface area contributed by atoms with E-state index in [4.69, 9.17) is 0 Å². The van der Waals surface area contributed by atoms with E-state index in [2.05, 4.69) is 60.8 Å². The average Bonchev–Trinajstić information content (AvgIpc) is 3.02. The minimum absolute atomic E-state index is 0.690. The number of rotatable bonds is 3. The summed E-state index contributed by atoms with van der Waals surface area (Å²) in [5, 5.41) is 3.45. The first-order chi connectivity index (χ1) is 9.36. The molecule has 1 heteroatoms. The lowest BCUT2D eigenvalue weighted by atomic mass is 9.94. The molecule has 2 aromatic carbocycles. The van der Waals surface area contributed by atoms with Crippen molar-refractivity contribution in [2.75, 3.05) is 13.1 Å². The second-order valence-corrected chi connectivity index (χ2v) is 5.37. The summed E-state index contributed by atoms with van der Waals surface area (Å²) in [5.74, 6) is 0.690. The van der Waals surface area contributed by atoms with E-state index in [1.165, 1.54) is 28.7 Å². The molecule has 0 aliphatic carbocycles. The zero-order chi connectivity index (χ0) is 13.1. The van der Waals surface area contributed by atoms with E-state index in [1.807, 2.05) is 0 Å². The van der Waals surface area contributed by atoms with Crippen molar-refractivity contribution in [2.24, 2.45) is 0 Å². The van der Waals surface area contributed by atoms with Crippen LogP contribution in [-0.2, 0) is 6.42 Å². The van der Waals surface area contributed by atoms with Crippen LogP contribution in [0.5, 0.6) is 0 Å². The molecule has 0 saturated carbocycles. The normalized spacial score (nSPS) is 18.7. The van der Waals surface area contributed by atoms with Gasteiger partial charge in [0.15, 0.2) is 0 Å². The van der Waals surface area contributed by atoms with Crippen LogP contribution in [0.15, 0.2) is 48.5 Å². The molecule has 1 saturated heterocycles. The smallest absolute Gasteiger partial charge is 0.00206 e. The van der Waals surface area contributed by atoms with E-state index in [0.29, 0.717) is 5.92 Å². The Kier molecular flexibility index (Phi) is 3.65. The number of nitrogens with one attached hydrogen (secondary N) is 1. The molecule has 0 bridgehead atoms. The maximum Gasteiger partial charge on any atom is 0.00206 e. The molecular formula is C18H21N. The molecule has 3 rings (SSSR count). The van der Waals surface area contributed by atoms with Crippen LogP contribution >= 0.6 is 0 Å². The van der Waals surface area contributed by atoms with Gasteiger partial charge in [-0.25, -0.2) is 0 Å². The molecule has 1 nitrogen and oxygen atoms in total. The van der Waals surface area contributed by atoms with Crippen molar-refractivity contribution in [2.45, 2.75) is 25.7 Å². The van der Waals surface area contributed by atoms with E-state index in [-0.39, 0.29) is 0 Å². The van der Waals surface area contributed by atoms with E-state index < -0.39 is 0 Å². The van der Waals surface area contributed by atoms with Gasteiger partial charge in [-0.3, -0.25) is 0 Å². The Morgan fingerprint density at radius 3 is 2.58 bits per heavy atom. The van der Waals surface area contributed by atoms with Crippen molar-refractivity contribution in [3.8, 4) is 11.1 Å². The zero-order valence-electron chi connectivity index (χ0n) is 11.5. The molecule has 0 amide bonds. The van der Waals surface area contributed by atoms with E-state index in [1.54, 1.807) is 0 Å². The molecule has 0 spiro atoms. The van der Waals surface area contributed by atoms with Crippen molar-refractivity contribution >= 4 is 0 Å². The van der Waals surface area contributed by atoms with Gasteiger partial charge in [-0.05, 0) is 47.6 Å². The fourth-order valence-electron chi connectivity index (χ4n) is 2.84. The van der Waals surface area contributed by atoms with Crippen LogP contribution in [-0.4, -0.2) is 13.1 Å². The molecule has 1 aliphatic heterocycles. The largest absolute Gasteiger partial charge is 0.316 e. The highest BCUT2D eigenvalue weighted by molar-refractivity contribution is 5.64. The highest BCUT2D eigenvalue weighted by Crippen LogP contribution is 2.27. The van der Waals surface area contributed by atoms with Gasteiger partial charge < -0.3 is 5.32 Å². The van der Waals surface area contributed by atoms with Crippen LogP contribution in [0.1, 0.15) is 30.4 Å². The summed E-state index contributed by atoms with van der Waals surface area (Å²) >= 11 is 0. The molecule has 1 fully saturated rings. The van der Waals surface area contributed by atoms with Gasteiger partial charge in [-0.1, -0.05) is 55.5 Å². The Labute approximate surface area is 115 Å². The Balaban J connectivity index is 1.89. The van der Waals surface area contributed by atoms with Gasteiger partial charge in [0.05, 0.1) is 0 Å². The van der Waals surface area contributed by atoms with Crippen molar-refractivity contribution in [1.82, 2.24) is 5.32 Å². The maximum absolute atomic E-state index is 3.45. The summed E-state index contributed by atoms with van der Waals surface area (Å²) in [7, 11) is 0. The first-order valence-electron chi connectivity index (χ1n) is 7.27. The summed E-state index contributed by atoms with van der Waals surface area (Å²) in [4.78, 5) is 0.